The molecule has 0 saturated heterocycles. The third-order valence-electron chi connectivity index (χ3n) is 2.47. The van der Waals surface area contributed by atoms with Crippen molar-refractivity contribution in [3.8, 4) is 0 Å². The van der Waals surface area contributed by atoms with Gasteiger partial charge in [-0.05, 0) is 19.1 Å². The van der Waals surface area contributed by atoms with Gasteiger partial charge in [0.1, 0.15) is 17.9 Å². The highest BCUT2D eigenvalue weighted by molar-refractivity contribution is 5.06. The molecule has 0 fully saturated rings. The van der Waals surface area contributed by atoms with Crippen molar-refractivity contribution < 1.29 is 4.42 Å². The second-order valence-electron chi connectivity index (χ2n) is 3.43. The molecule has 0 spiro atoms. The molecular formula is C10H15N5O. The van der Waals surface area contributed by atoms with Gasteiger partial charge in [-0.15, -0.1) is 0 Å². The number of furan rings is 1. The van der Waals surface area contributed by atoms with Crippen molar-refractivity contribution in [1.29, 1.82) is 0 Å². The van der Waals surface area contributed by atoms with Crippen molar-refractivity contribution in [3.63, 3.8) is 0 Å². The summed E-state index contributed by atoms with van der Waals surface area (Å²) in [6.45, 7) is 2.82. The minimum atomic E-state index is -0.0792. The molecule has 2 aromatic rings. The molecule has 1 unspecified atom stereocenters. The monoisotopic (exact) mass is 221 g/mol. The Morgan fingerprint density at radius 3 is 3.12 bits per heavy atom. The summed E-state index contributed by atoms with van der Waals surface area (Å²) in [5.74, 6) is 7.19. The van der Waals surface area contributed by atoms with E-state index in [-0.39, 0.29) is 6.04 Å². The summed E-state index contributed by atoms with van der Waals surface area (Å²) in [7, 11) is 0. The maximum absolute atomic E-state index is 5.50. The molecule has 1 atom stereocenters. The van der Waals surface area contributed by atoms with E-state index in [4.69, 9.17) is 10.3 Å². The lowest BCUT2D eigenvalue weighted by atomic mass is 10.1. The SMILES string of the molecule is CCn1ncnc1CC(NN)c1ccco1. The number of hydrogen-bond acceptors (Lipinski definition) is 5. The molecule has 2 heterocycles. The Kier molecular flexibility index (Phi) is 3.33. The highest BCUT2D eigenvalue weighted by Crippen LogP contribution is 2.16. The first-order valence-electron chi connectivity index (χ1n) is 5.21. The van der Waals surface area contributed by atoms with Crippen LogP contribution in [0.1, 0.15) is 24.6 Å². The highest BCUT2D eigenvalue weighted by Gasteiger charge is 2.16. The van der Waals surface area contributed by atoms with E-state index in [0.29, 0.717) is 6.42 Å². The highest BCUT2D eigenvalue weighted by atomic mass is 16.3. The fraction of sp³-hybridized carbons (Fsp3) is 0.400. The number of aryl methyl sites for hydroxylation is 1. The zero-order valence-corrected chi connectivity index (χ0v) is 9.13. The zero-order chi connectivity index (χ0) is 11.4. The van der Waals surface area contributed by atoms with Crippen LogP contribution in [0.15, 0.2) is 29.1 Å². The van der Waals surface area contributed by atoms with Gasteiger partial charge in [0.25, 0.3) is 0 Å². The average Bonchev–Trinajstić information content (AvgIpc) is 2.96. The van der Waals surface area contributed by atoms with E-state index in [1.807, 2.05) is 23.7 Å². The number of hydrazine groups is 1. The molecule has 0 saturated carbocycles. The van der Waals surface area contributed by atoms with Crippen LogP contribution in [0, 0.1) is 0 Å². The van der Waals surface area contributed by atoms with Gasteiger partial charge >= 0.3 is 0 Å². The Bertz CT molecular complexity index is 422. The molecular weight excluding hydrogens is 206 g/mol. The van der Waals surface area contributed by atoms with Crippen molar-refractivity contribution in [1.82, 2.24) is 20.2 Å². The summed E-state index contributed by atoms with van der Waals surface area (Å²) in [6, 6.07) is 3.64. The summed E-state index contributed by atoms with van der Waals surface area (Å²) >= 11 is 0. The van der Waals surface area contributed by atoms with Gasteiger partial charge in [0, 0.05) is 13.0 Å². The van der Waals surface area contributed by atoms with E-state index >= 15 is 0 Å². The topological polar surface area (TPSA) is 81.9 Å². The van der Waals surface area contributed by atoms with Crippen molar-refractivity contribution in [2.45, 2.75) is 25.9 Å². The first kappa shape index (κ1) is 10.8. The Balaban J connectivity index is 2.13. The number of rotatable bonds is 5. The summed E-state index contributed by atoms with van der Waals surface area (Å²) < 4.78 is 7.15. The molecule has 0 aliphatic carbocycles. The summed E-state index contributed by atoms with van der Waals surface area (Å²) in [6.07, 6.45) is 3.83. The van der Waals surface area contributed by atoms with Crippen molar-refractivity contribution in [3.05, 3.63) is 36.3 Å². The first-order chi connectivity index (χ1) is 7.85. The Morgan fingerprint density at radius 1 is 1.62 bits per heavy atom. The minimum Gasteiger partial charge on any atom is -0.468 e. The molecule has 0 bridgehead atoms. The molecule has 16 heavy (non-hydrogen) atoms. The Labute approximate surface area is 93.4 Å². The standard InChI is InChI=1S/C10H15N5O/c1-2-15-10(12-7-13-15)6-8(14-11)9-4-3-5-16-9/h3-5,7-8,14H,2,6,11H2,1H3. The van der Waals surface area contributed by atoms with Crippen LogP contribution in [-0.4, -0.2) is 14.8 Å². The van der Waals surface area contributed by atoms with E-state index in [9.17, 15) is 0 Å². The van der Waals surface area contributed by atoms with Gasteiger partial charge < -0.3 is 4.42 Å². The van der Waals surface area contributed by atoms with E-state index < -0.39 is 0 Å². The molecule has 2 rings (SSSR count). The van der Waals surface area contributed by atoms with Crippen LogP contribution in [0.3, 0.4) is 0 Å². The smallest absolute Gasteiger partial charge is 0.138 e. The van der Waals surface area contributed by atoms with Gasteiger partial charge in [-0.2, -0.15) is 5.10 Å². The largest absolute Gasteiger partial charge is 0.468 e. The van der Waals surface area contributed by atoms with Crippen LogP contribution in [0.2, 0.25) is 0 Å². The third-order valence-corrected chi connectivity index (χ3v) is 2.47. The molecule has 0 amide bonds. The minimum absolute atomic E-state index is 0.0792. The Hall–Kier alpha value is -1.66. The maximum atomic E-state index is 5.50. The first-order valence-corrected chi connectivity index (χ1v) is 5.21. The summed E-state index contributed by atoms with van der Waals surface area (Å²) in [4.78, 5) is 4.20. The summed E-state index contributed by atoms with van der Waals surface area (Å²) in [5, 5.41) is 4.11. The lowest BCUT2D eigenvalue weighted by molar-refractivity contribution is 0.405. The van der Waals surface area contributed by atoms with Gasteiger partial charge in [-0.25, -0.2) is 10.4 Å². The van der Waals surface area contributed by atoms with E-state index in [1.165, 1.54) is 0 Å². The molecule has 0 radical (unpaired) electrons. The fourth-order valence-corrected chi connectivity index (χ4v) is 1.62. The zero-order valence-electron chi connectivity index (χ0n) is 9.13. The number of hydrogen-bond donors (Lipinski definition) is 2. The van der Waals surface area contributed by atoms with Gasteiger partial charge in [0.05, 0.1) is 12.3 Å². The van der Waals surface area contributed by atoms with Crippen molar-refractivity contribution in [2.24, 2.45) is 5.84 Å². The predicted octanol–water partition coefficient (Wildman–Crippen LogP) is 0.638. The molecule has 0 aliphatic rings. The van der Waals surface area contributed by atoms with Crippen LogP contribution in [0.25, 0.3) is 0 Å². The predicted molar refractivity (Wildman–Crippen MR) is 58.2 cm³/mol. The van der Waals surface area contributed by atoms with Crippen molar-refractivity contribution >= 4 is 0 Å². The van der Waals surface area contributed by atoms with Gasteiger partial charge in [0.2, 0.25) is 0 Å². The molecule has 0 aromatic carbocycles. The number of nitrogens with one attached hydrogen (secondary N) is 1. The lowest BCUT2D eigenvalue weighted by Gasteiger charge is -2.12. The van der Waals surface area contributed by atoms with Crippen LogP contribution >= 0.6 is 0 Å². The number of nitrogens with zero attached hydrogens (tertiary/aromatic N) is 3. The van der Waals surface area contributed by atoms with Gasteiger partial charge in [0.15, 0.2) is 0 Å². The van der Waals surface area contributed by atoms with Crippen LogP contribution < -0.4 is 11.3 Å². The average molecular weight is 221 g/mol. The number of nitrogens with two attached hydrogens (primary N) is 1. The van der Waals surface area contributed by atoms with Gasteiger partial charge in [-0.3, -0.25) is 10.5 Å². The second-order valence-corrected chi connectivity index (χ2v) is 3.43. The molecule has 86 valence electrons. The third kappa shape index (κ3) is 2.12. The van der Waals surface area contributed by atoms with E-state index in [0.717, 1.165) is 18.1 Å². The molecule has 6 nitrogen and oxygen atoms in total. The quantitative estimate of drug-likeness (QED) is 0.572. The molecule has 3 N–H and O–H groups in total. The number of aromatic nitrogens is 3. The normalized spacial score (nSPS) is 12.9. The van der Waals surface area contributed by atoms with E-state index in [2.05, 4.69) is 15.5 Å². The van der Waals surface area contributed by atoms with Crippen LogP contribution in [0.5, 0.6) is 0 Å². The van der Waals surface area contributed by atoms with Crippen molar-refractivity contribution in [2.75, 3.05) is 0 Å². The summed E-state index contributed by atoms with van der Waals surface area (Å²) in [5.41, 5.74) is 2.72. The molecule has 0 aliphatic heterocycles. The lowest BCUT2D eigenvalue weighted by Crippen LogP contribution is -2.30. The van der Waals surface area contributed by atoms with Crippen LogP contribution in [0.4, 0.5) is 0 Å². The van der Waals surface area contributed by atoms with Gasteiger partial charge in [-0.1, -0.05) is 0 Å². The molecule has 6 heteroatoms. The van der Waals surface area contributed by atoms with Crippen LogP contribution in [-0.2, 0) is 13.0 Å². The maximum Gasteiger partial charge on any atom is 0.138 e. The molecule has 2 aromatic heterocycles. The van der Waals surface area contributed by atoms with E-state index in [1.54, 1.807) is 12.6 Å². The fourth-order valence-electron chi connectivity index (χ4n) is 1.62. The Morgan fingerprint density at radius 2 is 2.50 bits per heavy atom. The second kappa shape index (κ2) is 4.91.